The lowest BCUT2D eigenvalue weighted by atomic mass is 9.72. The van der Waals surface area contributed by atoms with Crippen LogP contribution in [0.5, 0.6) is 5.75 Å². The van der Waals surface area contributed by atoms with Gasteiger partial charge in [-0.2, -0.15) is 0 Å². The third-order valence-electron chi connectivity index (χ3n) is 5.91. The van der Waals surface area contributed by atoms with Crippen LogP contribution >= 0.6 is 0 Å². The molecule has 2 rings (SSSR count). The average Bonchev–Trinajstić information content (AvgIpc) is 2.64. The van der Waals surface area contributed by atoms with Gasteiger partial charge in [-0.25, -0.2) is 0 Å². The van der Waals surface area contributed by atoms with Crippen LogP contribution in [0.4, 0.5) is 0 Å². The van der Waals surface area contributed by atoms with E-state index in [1.54, 1.807) is 0 Å². The molecule has 0 saturated heterocycles. The Morgan fingerprint density at radius 2 is 1.48 bits per heavy atom. The van der Waals surface area contributed by atoms with Crippen molar-refractivity contribution in [2.24, 2.45) is 11.3 Å². The Labute approximate surface area is 191 Å². The first-order valence-corrected chi connectivity index (χ1v) is 11.8. The highest BCUT2D eigenvalue weighted by atomic mass is 16.5. The second-order valence-electron chi connectivity index (χ2n) is 11.4. The molecular formula is C29H44O2. The average molecular weight is 425 g/mol. The number of ether oxygens (including phenoxy) is 2. The second-order valence-corrected chi connectivity index (χ2v) is 11.4. The van der Waals surface area contributed by atoms with Crippen LogP contribution in [0, 0.1) is 18.3 Å². The first kappa shape index (κ1) is 25.5. The summed E-state index contributed by atoms with van der Waals surface area (Å²) in [7, 11) is 0. The van der Waals surface area contributed by atoms with E-state index in [0.717, 1.165) is 5.75 Å². The molecule has 0 fully saturated rings. The summed E-state index contributed by atoms with van der Waals surface area (Å²) in [5.74, 6) is 2.18. The maximum absolute atomic E-state index is 5.89. The normalized spacial score (nSPS) is 13.5. The standard InChI is InChI=1S/C29H44O2/c1-21(2)18-27(29(7,8)9)24-12-10-23(11-13-24)20-30-16-17-31-25-14-15-26(22(3)19-25)28(4,5)6/h10-15,19,21,27H,16-18,20H2,1-9H3. The second kappa shape index (κ2) is 10.7. The van der Waals surface area contributed by atoms with Gasteiger partial charge in [0, 0.05) is 0 Å². The summed E-state index contributed by atoms with van der Waals surface area (Å²) in [6.45, 7) is 22.3. The fourth-order valence-electron chi connectivity index (χ4n) is 4.28. The van der Waals surface area contributed by atoms with E-state index < -0.39 is 0 Å². The van der Waals surface area contributed by atoms with Gasteiger partial charge in [-0.15, -0.1) is 0 Å². The van der Waals surface area contributed by atoms with Crippen LogP contribution in [0.1, 0.15) is 90.0 Å². The molecule has 1 unspecified atom stereocenters. The van der Waals surface area contributed by atoms with E-state index in [9.17, 15) is 0 Å². The van der Waals surface area contributed by atoms with Gasteiger partial charge in [-0.05, 0) is 70.4 Å². The zero-order valence-corrected chi connectivity index (χ0v) is 21.3. The van der Waals surface area contributed by atoms with E-state index in [1.807, 2.05) is 0 Å². The molecule has 2 nitrogen and oxygen atoms in total. The smallest absolute Gasteiger partial charge is 0.119 e. The van der Waals surface area contributed by atoms with Crippen molar-refractivity contribution in [3.05, 3.63) is 64.7 Å². The Kier molecular flexibility index (Phi) is 8.77. The van der Waals surface area contributed by atoms with Crippen LogP contribution < -0.4 is 4.74 Å². The van der Waals surface area contributed by atoms with Crippen molar-refractivity contribution in [1.82, 2.24) is 0 Å². The molecule has 0 saturated carbocycles. The number of hydrogen-bond acceptors (Lipinski definition) is 2. The van der Waals surface area contributed by atoms with Crippen molar-refractivity contribution >= 4 is 0 Å². The van der Waals surface area contributed by atoms with Crippen LogP contribution in [0.25, 0.3) is 0 Å². The molecule has 0 heterocycles. The minimum Gasteiger partial charge on any atom is -0.491 e. The first-order valence-electron chi connectivity index (χ1n) is 11.8. The van der Waals surface area contributed by atoms with Gasteiger partial charge in [-0.3, -0.25) is 0 Å². The summed E-state index contributed by atoms with van der Waals surface area (Å²) in [4.78, 5) is 0. The summed E-state index contributed by atoms with van der Waals surface area (Å²) in [5, 5.41) is 0. The van der Waals surface area contributed by atoms with Gasteiger partial charge in [0.15, 0.2) is 0 Å². The molecule has 0 spiro atoms. The van der Waals surface area contributed by atoms with E-state index in [1.165, 1.54) is 28.7 Å². The maximum atomic E-state index is 5.89. The highest BCUT2D eigenvalue weighted by Gasteiger charge is 2.26. The zero-order chi connectivity index (χ0) is 23.2. The lowest BCUT2D eigenvalue weighted by molar-refractivity contribution is 0.0889. The highest BCUT2D eigenvalue weighted by Crippen LogP contribution is 2.39. The van der Waals surface area contributed by atoms with Gasteiger partial charge in [0.25, 0.3) is 0 Å². The van der Waals surface area contributed by atoms with Crippen molar-refractivity contribution in [3.63, 3.8) is 0 Å². The molecule has 0 N–H and O–H groups in total. The van der Waals surface area contributed by atoms with Crippen LogP contribution in [0.15, 0.2) is 42.5 Å². The van der Waals surface area contributed by atoms with Gasteiger partial charge in [0.2, 0.25) is 0 Å². The SMILES string of the molecule is Cc1cc(OCCOCc2ccc(C(CC(C)C)C(C)(C)C)cc2)ccc1C(C)(C)C. The fourth-order valence-corrected chi connectivity index (χ4v) is 4.28. The summed E-state index contributed by atoms with van der Waals surface area (Å²) < 4.78 is 11.7. The minimum absolute atomic E-state index is 0.156. The van der Waals surface area contributed by atoms with Gasteiger partial charge < -0.3 is 9.47 Å². The Morgan fingerprint density at radius 3 is 2.00 bits per heavy atom. The van der Waals surface area contributed by atoms with Crippen molar-refractivity contribution in [3.8, 4) is 5.75 Å². The Morgan fingerprint density at radius 1 is 0.839 bits per heavy atom. The molecule has 2 heteroatoms. The predicted octanol–water partition coefficient (Wildman–Crippen LogP) is 8.06. The van der Waals surface area contributed by atoms with Crippen molar-refractivity contribution in [1.29, 1.82) is 0 Å². The number of aryl methyl sites for hydroxylation is 1. The lowest BCUT2D eigenvalue weighted by Crippen LogP contribution is -2.20. The van der Waals surface area contributed by atoms with Crippen LogP contribution in [0.2, 0.25) is 0 Å². The molecule has 172 valence electrons. The van der Waals surface area contributed by atoms with Gasteiger partial charge in [-0.1, -0.05) is 85.7 Å². The molecule has 0 aromatic heterocycles. The van der Waals surface area contributed by atoms with Gasteiger partial charge >= 0.3 is 0 Å². The van der Waals surface area contributed by atoms with E-state index in [4.69, 9.17) is 9.47 Å². The molecule has 1 atom stereocenters. The van der Waals surface area contributed by atoms with E-state index in [2.05, 4.69) is 105 Å². The van der Waals surface area contributed by atoms with E-state index in [0.29, 0.717) is 31.7 Å². The van der Waals surface area contributed by atoms with Crippen molar-refractivity contribution < 1.29 is 9.47 Å². The van der Waals surface area contributed by atoms with Crippen LogP contribution in [0.3, 0.4) is 0 Å². The molecule has 31 heavy (non-hydrogen) atoms. The number of rotatable bonds is 9. The Hall–Kier alpha value is -1.80. The molecule has 0 aliphatic rings. The largest absolute Gasteiger partial charge is 0.491 e. The monoisotopic (exact) mass is 424 g/mol. The van der Waals surface area contributed by atoms with Gasteiger partial charge in [0.05, 0.1) is 13.2 Å². The Balaban J connectivity index is 1.82. The maximum Gasteiger partial charge on any atom is 0.119 e. The molecule has 0 radical (unpaired) electrons. The molecule has 0 aliphatic heterocycles. The summed E-state index contributed by atoms with van der Waals surface area (Å²) >= 11 is 0. The molecule has 0 aliphatic carbocycles. The highest BCUT2D eigenvalue weighted by molar-refractivity contribution is 5.38. The molecule has 0 bridgehead atoms. The summed E-state index contributed by atoms with van der Waals surface area (Å²) in [5.41, 5.74) is 5.71. The fraction of sp³-hybridized carbons (Fsp3) is 0.586. The predicted molar refractivity (Wildman–Crippen MR) is 133 cm³/mol. The molecule has 2 aromatic rings. The summed E-state index contributed by atoms with van der Waals surface area (Å²) in [6, 6.07) is 15.4. The minimum atomic E-state index is 0.156. The van der Waals surface area contributed by atoms with Crippen molar-refractivity contribution in [2.75, 3.05) is 13.2 Å². The van der Waals surface area contributed by atoms with Crippen molar-refractivity contribution in [2.45, 2.75) is 86.7 Å². The third kappa shape index (κ3) is 8.00. The zero-order valence-electron chi connectivity index (χ0n) is 21.3. The van der Waals surface area contributed by atoms with Crippen LogP contribution in [-0.2, 0) is 16.8 Å². The summed E-state index contributed by atoms with van der Waals surface area (Å²) in [6.07, 6.45) is 1.22. The van der Waals surface area contributed by atoms with Crippen LogP contribution in [-0.4, -0.2) is 13.2 Å². The first-order chi connectivity index (χ1) is 14.4. The molecule has 2 aromatic carbocycles. The lowest BCUT2D eigenvalue weighted by Gasteiger charge is -2.32. The van der Waals surface area contributed by atoms with E-state index >= 15 is 0 Å². The quantitative estimate of drug-likeness (QED) is 0.379. The topological polar surface area (TPSA) is 18.5 Å². The molecular weight excluding hydrogens is 380 g/mol. The number of hydrogen-bond donors (Lipinski definition) is 0. The molecule has 0 amide bonds. The van der Waals surface area contributed by atoms with E-state index in [-0.39, 0.29) is 10.8 Å². The number of benzene rings is 2. The Bertz CT molecular complexity index is 804. The third-order valence-corrected chi connectivity index (χ3v) is 5.91. The van der Waals surface area contributed by atoms with Gasteiger partial charge in [0.1, 0.15) is 12.4 Å².